The van der Waals surface area contributed by atoms with Crippen LogP contribution in [0.3, 0.4) is 0 Å². The van der Waals surface area contributed by atoms with E-state index in [1.807, 2.05) is 0 Å². The molecule has 1 aromatic rings. The Balaban J connectivity index is 2.24. The van der Waals surface area contributed by atoms with E-state index in [0.29, 0.717) is 0 Å². The van der Waals surface area contributed by atoms with Crippen molar-refractivity contribution in [2.75, 3.05) is 17.7 Å². The van der Waals surface area contributed by atoms with Crippen molar-refractivity contribution in [3.8, 4) is 0 Å². The summed E-state index contributed by atoms with van der Waals surface area (Å²) < 4.78 is 23.7. The van der Waals surface area contributed by atoms with Gasteiger partial charge >= 0.3 is 11.8 Å². The van der Waals surface area contributed by atoms with E-state index in [2.05, 4.69) is 20.6 Å². The third-order valence-corrected chi connectivity index (χ3v) is 4.48. The number of nitro groups is 1. The molecule has 0 saturated carbocycles. The molecule has 0 bridgehead atoms. The Morgan fingerprint density at radius 3 is 2.46 bits per heavy atom. The van der Waals surface area contributed by atoms with Gasteiger partial charge in [0.05, 0.1) is 11.4 Å². The van der Waals surface area contributed by atoms with Crippen LogP contribution < -0.4 is 15.6 Å². The molecule has 0 atom stereocenters. The van der Waals surface area contributed by atoms with Crippen molar-refractivity contribution in [3.63, 3.8) is 0 Å². The minimum atomic E-state index is -3.73. The number of ketones is 1. The van der Waals surface area contributed by atoms with Gasteiger partial charge in [-0.05, 0) is 28.8 Å². The summed E-state index contributed by atoms with van der Waals surface area (Å²) in [5.74, 6) is -3.62. The molecule has 14 heteroatoms. The molecule has 0 unspecified atom stereocenters. The first kappa shape index (κ1) is 22.9. The Kier molecular flexibility index (Phi) is 8.90. The maximum Gasteiger partial charge on any atom is 0.372 e. The first-order valence-corrected chi connectivity index (χ1v) is 9.64. The van der Waals surface area contributed by atoms with Crippen molar-refractivity contribution < 1.29 is 32.8 Å². The molecule has 0 aliphatic heterocycles. The number of amides is 1. The van der Waals surface area contributed by atoms with Crippen molar-refractivity contribution in [1.29, 1.82) is 0 Å². The zero-order valence-electron chi connectivity index (χ0n) is 14.6. The van der Waals surface area contributed by atoms with Crippen LogP contribution in [0.2, 0.25) is 0 Å². The molecule has 154 valence electrons. The number of hydrogen-bond acceptors (Lipinski definition) is 9. The number of hydrogen-bond donors (Lipinski definition) is 4. The molecule has 4 N–H and O–H groups in total. The zero-order chi connectivity index (χ0) is 21.2. The molecule has 0 spiro atoms. The average molecular weight is 417 g/mol. The minimum absolute atomic E-state index is 0.0429. The van der Waals surface area contributed by atoms with Gasteiger partial charge in [0.2, 0.25) is 21.7 Å². The van der Waals surface area contributed by atoms with Crippen molar-refractivity contribution in [3.05, 3.63) is 28.4 Å². The van der Waals surface area contributed by atoms with Gasteiger partial charge in [-0.15, -0.1) is 4.83 Å². The predicted molar refractivity (Wildman–Crippen MR) is 95.6 cm³/mol. The van der Waals surface area contributed by atoms with E-state index in [9.17, 15) is 32.9 Å². The van der Waals surface area contributed by atoms with Gasteiger partial charge in [-0.1, -0.05) is 0 Å². The quantitative estimate of drug-likeness (QED) is 0.141. The normalized spacial score (nSPS) is 10.9. The van der Waals surface area contributed by atoms with E-state index in [4.69, 9.17) is 5.11 Å². The van der Waals surface area contributed by atoms with E-state index in [-0.39, 0.29) is 49.5 Å². The molecule has 0 aliphatic rings. The number of carbonyl (C=O) groups is 3. The van der Waals surface area contributed by atoms with E-state index in [1.54, 1.807) is 0 Å². The standard InChI is InChI=1S/C14H19N5O8S/c20-11(14(22)23)3-1-4-13(21)15-7-2-8-28(26,27)18-17-10-5-6-12(16-9-10)19(24)25/h5-6,9,17-18H,1-4,7-8H2,(H,15,21)(H,22,23). The summed E-state index contributed by atoms with van der Waals surface area (Å²) >= 11 is 0. The number of anilines is 1. The number of pyridine rings is 1. The summed E-state index contributed by atoms with van der Waals surface area (Å²) in [6, 6.07) is 2.39. The number of nitrogens with zero attached hydrogens (tertiary/aromatic N) is 2. The van der Waals surface area contributed by atoms with E-state index in [0.717, 1.165) is 12.3 Å². The van der Waals surface area contributed by atoms with Gasteiger partial charge in [-0.25, -0.2) is 13.2 Å². The van der Waals surface area contributed by atoms with Crippen LogP contribution in [-0.4, -0.2) is 53.4 Å². The fraction of sp³-hybridized carbons (Fsp3) is 0.429. The molecule has 1 aromatic heterocycles. The Labute approximate surface area is 159 Å². The summed E-state index contributed by atoms with van der Waals surface area (Å²) in [6.07, 6.45) is 0.998. The molecule has 0 saturated heterocycles. The number of Topliss-reactive ketones (excluding diaryl/α,β-unsaturated/α-hetero) is 1. The van der Waals surface area contributed by atoms with Gasteiger partial charge in [0, 0.05) is 25.5 Å². The maximum absolute atomic E-state index is 11.8. The first-order chi connectivity index (χ1) is 13.1. The lowest BCUT2D eigenvalue weighted by molar-refractivity contribution is -0.389. The van der Waals surface area contributed by atoms with E-state index < -0.39 is 32.6 Å². The molecule has 1 rings (SSSR count). The van der Waals surface area contributed by atoms with Crippen LogP contribution in [0.15, 0.2) is 18.3 Å². The molecule has 1 amide bonds. The number of rotatable bonds is 13. The van der Waals surface area contributed by atoms with Gasteiger partial charge in [-0.2, -0.15) is 0 Å². The number of carboxylic acid groups (broad SMARTS) is 1. The second-order valence-electron chi connectivity index (χ2n) is 5.49. The largest absolute Gasteiger partial charge is 0.476 e. The second kappa shape index (κ2) is 10.9. The van der Waals surface area contributed by atoms with Gasteiger partial charge < -0.3 is 26.0 Å². The molecule has 0 aliphatic carbocycles. The van der Waals surface area contributed by atoms with Gasteiger partial charge in [0.1, 0.15) is 0 Å². The number of carboxylic acids is 1. The molecule has 0 radical (unpaired) electrons. The molecule has 28 heavy (non-hydrogen) atoms. The van der Waals surface area contributed by atoms with Crippen LogP contribution in [-0.2, 0) is 24.4 Å². The van der Waals surface area contributed by atoms with Gasteiger partial charge in [0.25, 0.3) is 0 Å². The van der Waals surface area contributed by atoms with Crippen LogP contribution >= 0.6 is 0 Å². The van der Waals surface area contributed by atoms with E-state index in [1.165, 1.54) is 6.07 Å². The van der Waals surface area contributed by atoms with Crippen LogP contribution in [0, 0.1) is 10.1 Å². The highest BCUT2D eigenvalue weighted by Crippen LogP contribution is 2.10. The zero-order valence-corrected chi connectivity index (χ0v) is 15.4. The van der Waals surface area contributed by atoms with Crippen LogP contribution in [0.25, 0.3) is 0 Å². The Bertz CT molecular complexity index is 825. The summed E-state index contributed by atoms with van der Waals surface area (Å²) in [5, 5.41) is 21.3. The van der Waals surface area contributed by atoms with Crippen molar-refractivity contribution >= 4 is 39.2 Å². The summed E-state index contributed by atoms with van der Waals surface area (Å²) in [7, 11) is -3.73. The van der Waals surface area contributed by atoms with Crippen LogP contribution in [0.5, 0.6) is 0 Å². The Morgan fingerprint density at radius 1 is 1.18 bits per heavy atom. The molecular formula is C14H19N5O8S. The van der Waals surface area contributed by atoms with Gasteiger partial charge in [-0.3, -0.25) is 9.59 Å². The fourth-order valence-corrected chi connectivity index (χ4v) is 2.75. The highest BCUT2D eigenvalue weighted by atomic mass is 32.2. The molecule has 0 fully saturated rings. The lowest BCUT2D eigenvalue weighted by atomic mass is 10.1. The summed E-state index contributed by atoms with van der Waals surface area (Å²) in [5.41, 5.74) is 2.56. The predicted octanol–water partition coefficient (Wildman–Crippen LogP) is -0.434. The number of nitrogens with one attached hydrogen (secondary N) is 3. The molecule has 13 nitrogen and oxygen atoms in total. The van der Waals surface area contributed by atoms with Crippen LogP contribution in [0.1, 0.15) is 25.7 Å². The molecular weight excluding hydrogens is 398 g/mol. The number of hydrazine groups is 1. The van der Waals surface area contributed by atoms with E-state index >= 15 is 0 Å². The van der Waals surface area contributed by atoms with Crippen molar-refractivity contribution in [2.24, 2.45) is 0 Å². The highest BCUT2D eigenvalue weighted by Gasteiger charge is 2.13. The first-order valence-electron chi connectivity index (χ1n) is 7.99. The van der Waals surface area contributed by atoms with Crippen LogP contribution in [0.4, 0.5) is 11.5 Å². The van der Waals surface area contributed by atoms with Crippen molar-refractivity contribution in [1.82, 2.24) is 15.1 Å². The second-order valence-corrected chi connectivity index (χ2v) is 7.34. The number of carbonyl (C=O) groups excluding carboxylic acids is 2. The highest BCUT2D eigenvalue weighted by molar-refractivity contribution is 7.89. The number of sulfonamides is 1. The maximum atomic E-state index is 11.8. The monoisotopic (exact) mass is 417 g/mol. The number of aliphatic carboxylic acids is 1. The Hall–Kier alpha value is -3.13. The molecule has 1 heterocycles. The summed E-state index contributed by atoms with van der Waals surface area (Å²) in [6.45, 7) is 0.0751. The SMILES string of the molecule is O=C(CCCC(=O)C(=O)O)NCCCS(=O)(=O)NNc1ccc([N+](=O)[O-])nc1. The van der Waals surface area contributed by atoms with Gasteiger partial charge in [0.15, 0.2) is 6.20 Å². The summed E-state index contributed by atoms with van der Waals surface area (Å²) in [4.78, 5) is 48.1. The van der Waals surface area contributed by atoms with Crippen molar-refractivity contribution in [2.45, 2.75) is 25.7 Å². The minimum Gasteiger partial charge on any atom is -0.476 e. The number of aromatic nitrogens is 1. The fourth-order valence-electron chi connectivity index (χ4n) is 1.85. The molecule has 0 aromatic carbocycles. The smallest absolute Gasteiger partial charge is 0.372 e. The topological polar surface area (TPSA) is 198 Å². The average Bonchev–Trinajstić information content (AvgIpc) is 2.64. The lowest BCUT2D eigenvalue weighted by Crippen LogP contribution is -2.33. The third kappa shape index (κ3) is 9.00. The lowest BCUT2D eigenvalue weighted by Gasteiger charge is -2.09. The third-order valence-electron chi connectivity index (χ3n) is 3.24. The Morgan fingerprint density at radius 2 is 1.89 bits per heavy atom.